The third-order valence-electron chi connectivity index (χ3n) is 7.09. The molecule has 216 valence electrons. The SMILES string of the molecule is CC(C)(C)OC(=O)Nc1cncc(NC(=O)N2CCN(C(=O)c3cccc(OCCC4CCCCC4)c3)CC2)c1. The minimum Gasteiger partial charge on any atom is -0.494 e. The molecular weight excluding hydrogens is 510 g/mol. The summed E-state index contributed by atoms with van der Waals surface area (Å²) in [6, 6.07) is 8.68. The predicted molar refractivity (Wildman–Crippen MR) is 154 cm³/mol. The lowest BCUT2D eigenvalue weighted by Crippen LogP contribution is -2.51. The summed E-state index contributed by atoms with van der Waals surface area (Å²) < 4.78 is 11.2. The van der Waals surface area contributed by atoms with Gasteiger partial charge in [0.2, 0.25) is 0 Å². The van der Waals surface area contributed by atoms with Gasteiger partial charge in [0.05, 0.1) is 30.4 Å². The number of piperazine rings is 1. The summed E-state index contributed by atoms with van der Waals surface area (Å²) in [7, 11) is 0. The molecule has 0 atom stereocenters. The van der Waals surface area contributed by atoms with E-state index < -0.39 is 11.7 Å². The van der Waals surface area contributed by atoms with Gasteiger partial charge < -0.3 is 24.6 Å². The highest BCUT2D eigenvalue weighted by atomic mass is 16.6. The molecule has 0 bridgehead atoms. The molecule has 2 N–H and O–H groups in total. The maximum Gasteiger partial charge on any atom is 0.412 e. The molecule has 1 saturated carbocycles. The van der Waals surface area contributed by atoms with Gasteiger partial charge in [-0.3, -0.25) is 15.1 Å². The fourth-order valence-corrected chi connectivity index (χ4v) is 5.03. The van der Waals surface area contributed by atoms with Crippen LogP contribution in [0.2, 0.25) is 0 Å². The summed E-state index contributed by atoms with van der Waals surface area (Å²) >= 11 is 0. The smallest absolute Gasteiger partial charge is 0.412 e. The quantitative estimate of drug-likeness (QED) is 0.452. The Hall–Kier alpha value is -3.82. The van der Waals surface area contributed by atoms with E-state index in [0.717, 1.165) is 18.1 Å². The fourth-order valence-electron chi connectivity index (χ4n) is 5.03. The van der Waals surface area contributed by atoms with Crippen LogP contribution in [0.1, 0.15) is 69.7 Å². The van der Waals surface area contributed by atoms with E-state index in [2.05, 4.69) is 15.6 Å². The van der Waals surface area contributed by atoms with Crippen molar-refractivity contribution in [1.82, 2.24) is 14.8 Å². The molecule has 0 unspecified atom stereocenters. The lowest BCUT2D eigenvalue weighted by Gasteiger charge is -2.34. The molecular formula is C30H41N5O5. The number of pyridine rings is 1. The van der Waals surface area contributed by atoms with Crippen LogP contribution >= 0.6 is 0 Å². The van der Waals surface area contributed by atoms with E-state index in [4.69, 9.17) is 9.47 Å². The number of nitrogens with zero attached hydrogens (tertiary/aromatic N) is 3. The van der Waals surface area contributed by atoms with Gasteiger partial charge in [-0.25, -0.2) is 9.59 Å². The van der Waals surface area contributed by atoms with E-state index in [-0.39, 0.29) is 11.9 Å². The first kappa shape index (κ1) is 29.2. The molecule has 1 aliphatic carbocycles. The number of aromatic nitrogens is 1. The van der Waals surface area contributed by atoms with Crippen molar-refractivity contribution in [2.75, 3.05) is 43.4 Å². The van der Waals surface area contributed by atoms with Crippen LogP contribution in [-0.2, 0) is 4.74 Å². The molecule has 40 heavy (non-hydrogen) atoms. The zero-order valence-corrected chi connectivity index (χ0v) is 23.8. The van der Waals surface area contributed by atoms with Gasteiger partial charge in [-0.05, 0) is 57.4 Å². The number of amides is 4. The lowest BCUT2D eigenvalue weighted by atomic mass is 9.87. The highest BCUT2D eigenvalue weighted by molar-refractivity contribution is 5.95. The first-order valence-corrected chi connectivity index (χ1v) is 14.2. The summed E-state index contributed by atoms with van der Waals surface area (Å²) in [6.45, 7) is 7.66. The van der Waals surface area contributed by atoms with Crippen LogP contribution in [0.5, 0.6) is 5.75 Å². The minimum absolute atomic E-state index is 0.0668. The van der Waals surface area contributed by atoms with Crippen molar-refractivity contribution in [3.05, 3.63) is 48.3 Å². The maximum absolute atomic E-state index is 13.2. The van der Waals surface area contributed by atoms with Crippen LogP contribution in [0.15, 0.2) is 42.7 Å². The molecule has 1 aromatic heterocycles. The van der Waals surface area contributed by atoms with E-state index in [1.54, 1.807) is 42.7 Å². The van der Waals surface area contributed by atoms with Gasteiger partial charge in [0.15, 0.2) is 0 Å². The molecule has 2 aliphatic rings. The number of anilines is 2. The van der Waals surface area contributed by atoms with Gasteiger partial charge in [0.25, 0.3) is 5.91 Å². The molecule has 1 aromatic carbocycles. The molecule has 2 aromatic rings. The number of urea groups is 1. The molecule has 10 heteroatoms. The normalized spacial score (nSPS) is 16.3. The zero-order chi connectivity index (χ0) is 28.5. The van der Waals surface area contributed by atoms with E-state index in [1.165, 1.54) is 44.5 Å². The molecule has 2 fully saturated rings. The standard InChI is InChI=1S/C30H41N5O5/c1-30(2,3)40-29(38)33-25-19-24(20-31-21-25)32-28(37)35-15-13-34(14-16-35)27(36)23-10-7-11-26(18-23)39-17-12-22-8-5-4-6-9-22/h7,10-11,18-22H,4-6,8-9,12-17H2,1-3H3,(H,32,37)(H,33,38). The first-order chi connectivity index (χ1) is 19.2. The molecule has 0 radical (unpaired) electrons. The van der Waals surface area contributed by atoms with E-state index in [1.807, 2.05) is 18.2 Å². The highest BCUT2D eigenvalue weighted by Crippen LogP contribution is 2.26. The number of hydrogen-bond donors (Lipinski definition) is 2. The Morgan fingerprint density at radius 3 is 2.30 bits per heavy atom. The van der Waals surface area contributed by atoms with E-state index in [9.17, 15) is 14.4 Å². The van der Waals surface area contributed by atoms with Gasteiger partial charge in [-0.2, -0.15) is 0 Å². The van der Waals surface area contributed by atoms with Crippen LogP contribution in [0.3, 0.4) is 0 Å². The van der Waals surface area contributed by atoms with Crippen molar-refractivity contribution < 1.29 is 23.9 Å². The van der Waals surface area contributed by atoms with Gasteiger partial charge in [-0.1, -0.05) is 38.2 Å². The molecule has 4 amide bonds. The highest BCUT2D eigenvalue weighted by Gasteiger charge is 2.25. The average Bonchev–Trinajstić information content (AvgIpc) is 2.92. The third-order valence-corrected chi connectivity index (χ3v) is 7.09. The Morgan fingerprint density at radius 2 is 1.60 bits per heavy atom. The van der Waals surface area contributed by atoms with Crippen molar-refractivity contribution in [2.45, 2.75) is 64.9 Å². The topological polar surface area (TPSA) is 113 Å². The second-order valence-electron chi connectivity index (χ2n) is 11.5. The Balaban J connectivity index is 1.23. The molecule has 2 heterocycles. The summed E-state index contributed by atoms with van der Waals surface area (Å²) in [5, 5.41) is 5.43. The third kappa shape index (κ3) is 8.86. The van der Waals surface area contributed by atoms with Crippen molar-refractivity contribution >= 4 is 29.4 Å². The summed E-state index contributed by atoms with van der Waals surface area (Å²) in [5.41, 5.74) is 0.811. The Labute approximate surface area is 236 Å². The van der Waals surface area contributed by atoms with Crippen molar-refractivity contribution in [1.29, 1.82) is 0 Å². The fraction of sp³-hybridized carbons (Fsp3) is 0.533. The average molecular weight is 552 g/mol. The summed E-state index contributed by atoms with van der Waals surface area (Å²) in [5.74, 6) is 1.40. The van der Waals surface area contributed by atoms with Gasteiger partial charge in [-0.15, -0.1) is 0 Å². The second kappa shape index (κ2) is 13.5. The van der Waals surface area contributed by atoms with Crippen LogP contribution < -0.4 is 15.4 Å². The van der Waals surface area contributed by atoms with E-state index in [0.29, 0.717) is 49.7 Å². The molecule has 1 saturated heterocycles. The number of carbonyl (C=O) groups excluding carboxylic acids is 3. The van der Waals surface area contributed by atoms with E-state index >= 15 is 0 Å². The van der Waals surface area contributed by atoms with Gasteiger partial charge in [0.1, 0.15) is 11.4 Å². The van der Waals surface area contributed by atoms with Crippen LogP contribution in [-0.4, -0.2) is 71.2 Å². The lowest BCUT2D eigenvalue weighted by molar-refractivity contribution is 0.0634. The number of hydrogen-bond acceptors (Lipinski definition) is 6. The van der Waals surface area contributed by atoms with Crippen LogP contribution in [0.25, 0.3) is 0 Å². The Kier molecular flexibility index (Phi) is 9.84. The number of ether oxygens (including phenoxy) is 2. The van der Waals surface area contributed by atoms with Crippen LogP contribution in [0, 0.1) is 5.92 Å². The number of benzene rings is 1. The largest absolute Gasteiger partial charge is 0.494 e. The number of nitrogens with one attached hydrogen (secondary N) is 2. The van der Waals surface area contributed by atoms with Gasteiger partial charge >= 0.3 is 12.1 Å². The summed E-state index contributed by atoms with van der Waals surface area (Å²) in [6.07, 6.45) is 10.0. The second-order valence-corrected chi connectivity index (χ2v) is 11.5. The minimum atomic E-state index is -0.627. The molecule has 4 rings (SSSR count). The van der Waals surface area contributed by atoms with Crippen molar-refractivity contribution in [3.63, 3.8) is 0 Å². The van der Waals surface area contributed by atoms with Crippen molar-refractivity contribution in [2.24, 2.45) is 5.92 Å². The maximum atomic E-state index is 13.2. The molecule has 0 spiro atoms. The molecule has 1 aliphatic heterocycles. The predicted octanol–water partition coefficient (Wildman–Crippen LogP) is 5.77. The Bertz CT molecular complexity index is 1170. The number of rotatable bonds is 7. The first-order valence-electron chi connectivity index (χ1n) is 14.2. The van der Waals surface area contributed by atoms with Gasteiger partial charge in [0, 0.05) is 31.7 Å². The number of carbonyl (C=O) groups is 3. The zero-order valence-electron chi connectivity index (χ0n) is 23.8. The molecule has 10 nitrogen and oxygen atoms in total. The van der Waals surface area contributed by atoms with Crippen LogP contribution in [0.4, 0.5) is 21.0 Å². The summed E-state index contributed by atoms with van der Waals surface area (Å²) in [4.78, 5) is 45.5. The van der Waals surface area contributed by atoms with Crippen molar-refractivity contribution in [3.8, 4) is 5.75 Å². The Morgan fingerprint density at radius 1 is 0.925 bits per heavy atom. The monoisotopic (exact) mass is 551 g/mol.